The van der Waals surface area contributed by atoms with Gasteiger partial charge in [0.1, 0.15) is 0 Å². The van der Waals surface area contributed by atoms with Gasteiger partial charge in [0.15, 0.2) is 6.10 Å². The normalized spacial score (nSPS) is 11.1. The van der Waals surface area contributed by atoms with Gasteiger partial charge in [0, 0.05) is 16.8 Å². The average Bonchev–Trinajstić information content (AvgIpc) is 2.79. The summed E-state index contributed by atoms with van der Waals surface area (Å²) < 4.78 is 5.36. The standard InChI is InChI=1S/C24H19N3O4/c1-15(23(29)27-18-12-10-16(11-13-18)22(26)28)31-24(30)21-9-5-4-8-20(21)19-7-3-2-6-17(19)14-25/h2-13,15H,1H3,(H2,26,28)(H,27,29)/t15-/m1/s1. The Hall–Kier alpha value is -4.44. The zero-order valence-electron chi connectivity index (χ0n) is 16.7. The highest BCUT2D eigenvalue weighted by Gasteiger charge is 2.22. The van der Waals surface area contributed by atoms with E-state index in [1.54, 1.807) is 48.5 Å². The minimum absolute atomic E-state index is 0.246. The lowest BCUT2D eigenvalue weighted by Crippen LogP contribution is -2.30. The molecular weight excluding hydrogens is 394 g/mol. The third-order valence-corrected chi connectivity index (χ3v) is 4.57. The average molecular weight is 413 g/mol. The minimum Gasteiger partial charge on any atom is -0.449 e. The third kappa shape index (κ3) is 4.95. The molecule has 0 fully saturated rings. The first-order valence-corrected chi connectivity index (χ1v) is 9.41. The number of nitrogens with two attached hydrogens (primary N) is 1. The van der Waals surface area contributed by atoms with Gasteiger partial charge in [-0.1, -0.05) is 36.4 Å². The molecule has 0 aromatic heterocycles. The number of nitrogens with one attached hydrogen (secondary N) is 1. The van der Waals surface area contributed by atoms with E-state index in [0.717, 1.165) is 0 Å². The number of esters is 1. The van der Waals surface area contributed by atoms with Gasteiger partial charge in [0.2, 0.25) is 5.91 Å². The van der Waals surface area contributed by atoms with Gasteiger partial charge < -0.3 is 15.8 Å². The first-order valence-electron chi connectivity index (χ1n) is 9.41. The van der Waals surface area contributed by atoms with Crippen molar-refractivity contribution in [3.05, 3.63) is 89.5 Å². The quantitative estimate of drug-likeness (QED) is 0.599. The van der Waals surface area contributed by atoms with Crippen LogP contribution in [0.1, 0.15) is 33.2 Å². The first-order chi connectivity index (χ1) is 14.9. The van der Waals surface area contributed by atoms with Gasteiger partial charge >= 0.3 is 5.97 Å². The number of rotatable bonds is 6. The summed E-state index contributed by atoms with van der Waals surface area (Å²) in [6.07, 6.45) is -1.08. The summed E-state index contributed by atoms with van der Waals surface area (Å²) in [5, 5.41) is 12.0. The summed E-state index contributed by atoms with van der Waals surface area (Å²) >= 11 is 0. The van der Waals surface area contributed by atoms with Gasteiger partial charge in [-0.05, 0) is 48.9 Å². The van der Waals surface area contributed by atoms with Crippen molar-refractivity contribution < 1.29 is 19.1 Å². The Kier molecular flexibility index (Phi) is 6.43. The van der Waals surface area contributed by atoms with E-state index in [1.807, 2.05) is 0 Å². The van der Waals surface area contributed by atoms with Crippen LogP contribution in [0.15, 0.2) is 72.8 Å². The monoisotopic (exact) mass is 413 g/mol. The van der Waals surface area contributed by atoms with E-state index in [9.17, 15) is 19.6 Å². The molecule has 0 aliphatic carbocycles. The van der Waals surface area contributed by atoms with Crippen LogP contribution in [0.2, 0.25) is 0 Å². The number of amides is 2. The molecule has 0 unspecified atom stereocenters. The van der Waals surface area contributed by atoms with E-state index in [0.29, 0.717) is 27.9 Å². The predicted octanol–water partition coefficient (Wildman–Crippen LogP) is 3.51. The maximum atomic E-state index is 12.8. The summed E-state index contributed by atoms with van der Waals surface area (Å²) in [6.45, 7) is 1.46. The zero-order chi connectivity index (χ0) is 22.4. The van der Waals surface area contributed by atoms with Crippen molar-refractivity contribution >= 4 is 23.5 Å². The number of hydrogen-bond acceptors (Lipinski definition) is 5. The van der Waals surface area contributed by atoms with E-state index >= 15 is 0 Å². The van der Waals surface area contributed by atoms with E-state index in [1.165, 1.54) is 31.2 Å². The van der Waals surface area contributed by atoms with E-state index in [4.69, 9.17) is 10.5 Å². The second kappa shape index (κ2) is 9.37. The Labute approximate surface area is 179 Å². The maximum absolute atomic E-state index is 12.8. The van der Waals surface area contributed by atoms with Gasteiger partial charge in [0.25, 0.3) is 5.91 Å². The molecule has 3 aromatic rings. The summed E-state index contributed by atoms with van der Waals surface area (Å²) in [4.78, 5) is 36.3. The molecule has 3 aromatic carbocycles. The fourth-order valence-electron chi connectivity index (χ4n) is 2.95. The van der Waals surface area contributed by atoms with Crippen LogP contribution in [0.5, 0.6) is 0 Å². The Balaban J connectivity index is 1.75. The number of hydrogen-bond donors (Lipinski definition) is 2. The highest BCUT2D eigenvalue weighted by Crippen LogP contribution is 2.27. The number of anilines is 1. The lowest BCUT2D eigenvalue weighted by molar-refractivity contribution is -0.123. The van der Waals surface area contributed by atoms with Crippen LogP contribution in [0.3, 0.4) is 0 Å². The topological polar surface area (TPSA) is 122 Å². The molecule has 7 heteroatoms. The number of nitriles is 1. The van der Waals surface area contributed by atoms with Crippen LogP contribution in [-0.4, -0.2) is 23.9 Å². The van der Waals surface area contributed by atoms with Crippen molar-refractivity contribution in [1.29, 1.82) is 5.26 Å². The summed E-state index contributed by atoms with van der Waals surface area (Å²) in [6, 6.07) is 21.8. The van der Waals surface area contributed by atoms with Gasteiger partial charge in [-0.25, -0.2) is 4.79 Å². The van der Waals surface area contributed by atoms with E-state index < -0.39 is 23.9 Å². The molecule has 0 aliphatic rings. The van der Waals surface area contributed by atoms with Crippen molar-refractivity contribution in [3.8, 4) is 17.2 Å². The molecule has 3 N–H and O–H groups in total. The van der Waals surface area contributed by atoms with Crippen LogP contribution >= 0.6 is 0 Å². The summed E-state index contributed by atoms with van der Waals surface area (Å²) in [5.41, 5.74) is 7.75. The maximum Gasteiger partial charge on any atom is 0.339 e. The van der Waals surface area contributed by atoms with Gasteiger partial charge in [-0.15, -0.1) is 0 Å². The lowest BCUT2D eigenvalue weighted by Gasteiger charge is -2.15. The number of carbonyl (C=O) groups is 3. The minimum atomic E-state index is -1.08. The second-order valence-corrected chi connectivity index (χ2v) is 6.68. The Bertz CT molecular complexity index is 1180. The Morgan fingerprint density at radius 2 is 1.55 bits per heavy atom. The Morgan fingerprint density at radius 3 is 2.19 bits per heavy atom. The van der Waals surface area contributed by atoms with E-state index in [-0.39, 0.29) is 5.56 Å². The largest absolute Gasteiger partial charge is 0.449 e. The molecule has 0 saturated heterocycles. The fraction of sp³-hybridized carbons (Fsp3) is 0.0833. The highest BCUT2D eigenvalue weighted by atomic mass is 16.5. The van der Waals surface area contributed by atoms with Crippen molar-refractivity contribution in [2.75, 3.05) is 5.32 Å². The number of benzene rings is 3. The highest BCUT2D eigenvalue weighted by molar-refractivity contribution is 6.01. The molecule has 0 spiro atoms. The molecular formula is C24H19N3O4. The number of carbonyl (C=O) groups excluding carboxylic acids is 3. The van der Waals surface area contributed by atoms with Crippen LogP contribution in [0.25, 0.3) is 11.1 Å². The first kappa shape index (κ1) is 21.3. The lowest BCUT2D eigenvalue weighted by atomic mass is 9.96. The summed E-state index contributed by atoms with van der Waals surface area (Å²) in [5.74, 6) is -1.79. The molecule has 31 heavy (non-hydrogen) atoms. The van der Waals surface area contributed by atoms with Gasteiger partial charge in [-0.3, -0.25) is 9.59 Å². The fourth-order valence-corrected chi connectivity index (χ4v) is 2.95. The molecule has 0 saturated carbocycles. The van der Waals surface area contributed by atoms with Crippen molar-refractivity contribution in [1.82, 2.24) is 0 Å². The van der Waals surface area contributed by atoms with Crippen LogP contribution in [0, 0.1) is 11.3 Å². The van der Waals surface area contributed by atoms with Crippen LogP contribution in [0.4, 0.5) is 5.69 Å². The third-order valence-electron chi connectivity index (χ3n) is 4.57. The molecule has 7 nitrogen and oxygen atoms in total. The molecule has 1 atom stereocenters. The van der Waals surface area contributed by atoms with Gasteiger partial charge in [0.05, 0.1) is 17.2 Å². The second-order valence-electron chi connectivity index (χ2n) is 6.68. The molecule has 3 rings (SSSR count). The predicted molar refractivity (Wildman–Crippen MR) is 115 cm³/mol. The molecule has 0 radical (unpaired) electrons. The van der Waals surface area contributed by atoms with Crippen LogP contribution < -0.4 is 11.1 Å². The molecule has 0 heterocycles. The van der Waals surface area contributed by atoms with Crippen LogP contribution in [-0.2, 0) is 9.53 Å². The zero-order valence-corrected chi connectivity index (χ0v) is 16.7. The van der Waals surface area contributed by atoms with Crippen molar-refractivity contribution in [2.24, 2.45) is 5.73 Å². The summed E-state index contributed by atoms with van der Waals surface area (Å²) in [7, 11) is 0. The molecule has 0 aliphatic heterocycles. The molecule has 154 valence electrons. The molecule has 2 amide bonds. The number of primary amides is 1. The smallest absolute Gasteiger partial charge is 0.339 e. The Morgan fingerprint density at radius 1 is 0.935 bits per heavy atom. The van der Waals surface area contributed by atoms with Crippen molar-refractivity contribution in [3.63, 3.8) is 0 Å². The molecule has 0 bridgehead atoms. The number of nitrogens with zero attached hydrogens (tertiary/aromatic N) is 1. The van der Waals surface area contributed by atoms with Gasteiger partial charge in [-0.2, -0.15) is 5.26 Å². The SMILES string of the molecule is C[C@@H](OC(=O)c1ccccc1-c1ccccc1C#N)C(=O)Nc1ccc(C(N)=O)cc1. The van der Waals surface area contributed by atoms with E-state index in [2.05, 4.69) is 11.4 Å². The number of ether oxygens (including phenoxy) is 1. The van der Waals surface area contributed by atoms with Crippen molar-refractivity contribution in [2.45, 2.75) is 13.0 Å².